The van der Waals surface area contributed by atoms with Crippen molar-refractivity contribution < 1.29 is 0 Å². The maximum absolute atomic E-state index is 3.97. The van der Waals surface area contributed by atoms with E-state index in [0.717, 1.165) is 24.4 Å². The molecule has 0 fully saturated rings. The summed E-state index contributed by atoms with van der Waals surface area (Å²) in [5.41, 5.74) is 1.12. The SMILES string of the molecule is c1ccc(SCCNCc2cncnc2)cc1. The van der Waals surface area contributed by atoms with Crippen LogP contribution in [0.3, 0.4) is 0 Å². The number of thioether (sulfide) groups is 1. The first kappa shape index (κ1) is 12.1. The van der Waals surface area contributed by atoms with E-state index in [2.05, 4.69) is 39.6 Å². The number of benzene rings is 1. The molecule has 0 aliphatic heterocycles. The Labute approximate surface area is 106 Å². The summed E-state index contributed by atoms with van der Waals surface area (Å²) in [4.78, 5) is 9.27. The molecular weight excluding hydrogens is 230 g/mol. The Balaban J connectivity index is 1.61. The third kappa shape index (κ3) is 4.54. The van der Waals surface area contributed by atoms with E-state index in [1.54, 1.807) is 6.33 Å². The van der Waals surface area contributed by atoms with E-state index >= 15 is 0 Å². The zero-order valence-corrected chi connectivity index (χ0v) is 10.4. The largest absolute Gasteiger partial charge is 0.312 e. The van der Waals surface area contributed by atoms with Gasteiger partial charge in [0.05, 0.1) is 0 Å². The summed E-state index contributed by atoms with van der Waals surface area (Å²) in [6.07, 6.45) is 5.23. The van der Waals surface area contributed by atoms with E-state index in [1.807, 2.05) is 30.2 Å². The molecule has 0 unspecified atom stereocenters. The lowest BCUT2D eigenvalue weighted by molar-refractivity contribution is 0.726. The fourth-order valence-corrected chi connectivity index (χ4v) is 2.24. The summed E-state index contributed by atoms with van der Waals surface area (Å²) >= 11 is 1.86. The number of hydrogen-bond acceptors (Lipinski definition) is 4. The van der Waals surface area contributed by atoms with E-state index in [1.165, 1.54) is 4.90 Å². The highest BCUT2D eigenvalue weighted by atomic mass is 32.2. The van der Waals surface area contributed by atoms with Crippen molar-refractivity contribution in [2.45, 2.75) is 11.4 Å². The van der Waals surface area contributed by atoms with Crippen LogP contribution in [0.4, 0.5) is 0 Å². The predicted molar refractivity (Wildman–Crippen MR) is 70.9 cm³/mol. The molecule has 88 valence electrons. The first-order chi connectivity index (χ1) is 8.45. The lowest BCUT2D eigenvalue weighted by atomic mass is 10.3. The van der Waals surface area contributed by atoms with Crippen molar-refractivity contribution in [3.05, 3.63) is 54.6 Å². The van der Waals surface area contributed by atoms with Gasteiger partial charge in [0, 0.05) is 41.7 Å². The van der Waals surface area contributed by atoms with Gasteiger partial charge in [-0.15, -0.1) is 11.8 Å². The van der Waals surface area contributed by atoms with Crippen molar-refractivity contribution in [2.75, 3.05) is 12.3 Å². The zero-order valence-electron chi connectivity index (χ0n) is 9.54. The number of nitrogens with zero attached hydrogens (tertiary/aromatic N) is 2. The van der Waals surface area contributed by atoms with E-state index in [9.17, 15) is 0 Å². The van der Waals surface area contributed by atoms with Gasteiger partial charge in [-0.1, -0.05) is 18.2 Å². The van der Waals surface area contributed by atoms with Crippen molar-refractivity contribution in [3.8, 4) is 0 Å². The van der Waals surface area contributed by atoms with Crippen LogP contribution in [0.2, 0.25) is 0 Å². The topological polar surface area (TPSA) is 37.8 Å². The molecule has 1 aromatic heterocycles. The fourth-order valence-electron chi connectivity index (χ4n) is 1.41. The molecule has 1 N–H and O–H groups in total. The lowest BCUT2D eigenvalue weighted by Gasteiger charge is -2.04. The van der Waals surface area contributed by atoms with E-state index < -0.39 is 0 Å². The molecule has 3 nitrogen and oxygen atoms in total. The molecule has 1 aromatic carbocycles. The predicted octanol–water partition coefficient (Wildman–Crippen LogP) is 2.36. The van der Waals surface area contributed by atoms with Gasteiger partial charge < -0.3 is 5.32 Å². The Kier molecular flexibility index (Phi) is 5.00. The highest BCUT2D eigenvalue weighted by molar-refractivity contribution is 7.99. The van der Waals surface area contributed by atoms with Crippen molar-refractivity contribution >= 4 is 11.8 Å². The van der Waals surface area contributed by atoms with Crippen molar-refractivity contribution in [1.82, 2.24) is 15.3 Å². The fraction of sp³-hybridized carbons (Fsp3) is 0.231. The Morgan fingerprint density at radius 3 is 2.59 bits per heavy atom. The Morgan fingerprint density at radius 2 is 1.82 bits per heavy atom. The summed E-state index contributed by atoms with van der Waals surface area (Å²) < 4.78 is 0. The second kappa shape index (κ2) is 7.04. The minimum absolute atomic E-state index is 0.830. The van der Waals surface area contributed by atoms with Crippen LogP contribution in [0.15, 0.2) is 53.9 Å². The van der Waals surface area contributed by atoms with Crippen LogP contribution in [0.1, 0.15) is 5.56 Å². The van der Waals surface area contributed by atoms with Crippen molar-refractivity contribution in [3.63, 3.8) is 0 Å². The lowest BCUT2D eigenvalue weighted by Crippen LogP contribution is -2.16. The minimum atomic E-state index is 0.830. The van der Waals surface area contributed by atoms with Crippen LogP contribution in [0.5, 0.6) is 0 Å². The Morgan fingerprint density at radius 1 is 1.06 bits per heavy atom. The number of aromatic nitrogens is 2. The zero-order chi connectivity index (χ0) is 11.8. The molecule has 0 saturated heterocycles. The number of rotatable bonds is 6. The monoisotopic (exact) mass is 245 g/mol. The molecule has 0 spiro atoms. The maximum Gasteiger partial charge on any atom is 0.115 e. The molecule has 4 heteroatoms. The van der Waals surface area contributed by atoms with Crippen LogP contribution in [-0.2, 0) is 6.54 Å². The normalized spacial score (nSPS) is 10.4. The minimum Gasteiger partial charge on any atom is -0.312 e. The second-order valence-electron chi connectivity index (χ2n) is 3.59. The Bertz CT molecular complexity index is 378. The highest BCUT2D eigenvalue weighted by Gasteiger charge is 1.94. The summed E-state index contributed by atoms with van der Waals surface area (Å²) in [6, 6.07) is 10.4. The van der Waals surface area contributed by atoms with Gasteiger partial charge in [0.15, 0.2) is 0 Å². The first-order valence-electron chi connectivity index (χ1n) is 5.57. The van der Waals surface area contributed by atoms with Gasteiger partial charge in [0.2, 0.25) is 0 Å². The van der Waals surface area contributed by atoms with Gasteiger partial charge in [0.25, 0.3) is 0 Å². The molecule has 0 aliphatic rings. The molecule has 1 heterocycles. The van der Waals surface area contributed by atoms with Crippen molar-refractivity contribution in [2.24, 2.45) is 0 Å². The number of hydrogen-bond donors (Lipinski definition) is 1. The maximum atomic E-state index is 3.97. The van der Waals surface area contributed by atoms with Gasteiger partial charge in [-0.2, -0.15) is 0 Å². The van der Waals surface area contributed by atoms with Crippen LogP contribution in [-0.4, -0.2) is 22.3 Å². The van der Waals surface area contributed by atoms with Crippen LogP contribution in [0, 0.1) is 0 Å². The molecule has 0 aliphatic carbocycles. The summed E-state index contributed by atoms with van der Waals surface area (Å²) in [5.74, 6) is 1.07. The van der Waals surface area contributed by atoms with E-state index in [0.29, 0.717) is 0 Å². The highest BCUT2D eigenvalue weighted by Crippen LogP contribution is 2.15. The van der Waals surface area contributed by atoms with Crippen LogP contribution < -0.4 is 5.32 Å². The molecule has 2 rings (SSSR count). The molecule has 17 heavy (non-hydrogen) atoms. The average Bonchev–Trinajstić information content (AvgIpc) is 2.41. The number of nitrogens with one attached hydrogen (secondary N) is 1. The quantitative estimate of drug-likeness (QED) is 0.626. The third-order valence-electron chi connectivity index (χ3n) is 2.23. The summed E-state index contributed by atoms with van der Waals surface area (Å²) in [6.45, 7) is 1.81. The van der Waals surface area contributed by atoms with Crippen molar-refractivity contribution in [1.29, 1.82) is 0 Å². The first-order valence-corrected chi connectivity index (χ1v) is 6.56. The molecule has 0 atom stereocenters. The van der Waals surface area contributed by atoms with Crippen LogP contribution in [0.25, 0.3) is 0 Å². The van der Waals surface area contributed by atoms with Gasteiger partial charge in [-0.3, -0.25) is 0 Å². The second-order valence-corrected chi connectivity index (χ2v) is 4.75. The molecule has 0 saturated carbocycles. The molecule has 0 radical (unpaired) electrons. The molecule has 0 bridgehead atoms. The Hall–Kier alpha value is -1.39. The average molecular weight is 245 g/mol. The smallest absolute Gasteiger partial charge is 0.115 e. The van der Waals surface area contributed by atoms with E-state index in [-0.39, 0.29) is 0 Å². The molecule has 2 aromatic rings. The summed E-state index contributed by atoms with van der Waals surface area (Å²) in [7, 11) is 0. The van der Waals surface area contributed by atoms with Gasteiger partial charge in [-0.05, 0) is 12.1 Å². The van der Waals surface area contributed by atoms with Crippen LogP contribution >= 0.6 is 11.8 Å². The van der Waals surface area contributed by atoms with Gasteiger partial charge >= 0.3 is 0 Å². The van der Waals surface area contributed by atoms with Gasteiger partial charge in [0.1, 0.15) is 6.33 Å². The summed E-state index contributed by atoms with van der Waals surface area (Å²) in [5, 5.41) is 3.37. The molecule has 0 amide bonds. The molecular formula is C13H15N3S. The van der Waals surface area contributed by atoms with Gasteiger partial charge in [-0.25, -0.2) is 9.97 Å². The third-order valence-corrected chi connectivity index (χ3v) is 3.25. The van der Waals surface area contributed by atoms with E-state index in [4.69, 9.17) is 0 Å². The standard InChI is InChI=1S/C13H15N3S/c1-2-4-13(5-3-1)17-7-6-14-8-12-9-15-11-16-10-12/h1-5,9-11,14H,6-8H2.